The van der Waals surface area contributed by atoms with Crippen molar-refractivity contribution >= 4 is 5.97 Å². The minimum absolute atomic E-state index is 0.0934. The minimum Gasteiger partial charge on any atom is -0.478 e. The molecule has 1 aliphatic carbocycles. The molecule has 0 spiro atoms. The van der Waals surface area contributed by atoms with E-state index in [0.29, 0.717) is 18.1 Å². The smallest absolute Gasteiger partial charge is 0.335 e. The van der Waals surface area contributed by atoms with Gasteiger partial charge in [-0.3, -0.25) is 0 Å². The van der Waals surface area contributed by atoms with Gasteiger partial charge in [0.2, 0.25) is 0 Å². The van der Waals surface area contributed by atoms with E-state index in [1.807, 2.05) is 0 Å². The van der Waals surface area contributed by atoms with Gasteiger partial charge < -0.3 is 9.84 Å². The fraction of sp³-hybridized carbons (Fsp3) is 0.500. The predicted molar refractivity (Wildman–Crippen MR) is 65.0 cm³/mol. The molecule has 0 amide bonds. The van der Waals surface area contributed by atoms with E-state index in [9.17, 15) is 9.18 Å². The van der Waals surface area contributed by atoms with E-state index < -0.39 is 11.8 Å². The molecule has 1 aliphatic rings. The van der Waals surface area contributed by atoms with Gasteiger partial charge in [0, 0.05) is 12.2 Å². The Bertz CT molecular complexity index is 425. The summed E-state index contributed by atoms with van der Waals surface area (Å²) in [4.78, 5) is 10.8. The summed E-state index contributed by atoms with van der Waals surface area (Å²) in [5.74, 6) is -0.880. The van der Waals surface area contributed by atoms with E-state index in [1.54, 1.807) is 0 Å². The molecule has 0 radical (unpaired) electrons. The van der Waals surface area contributed by atoms with Crippen LogP contribution in [0.2, 0.25) is 0 Å². The van der Waals surface area contributed by atoms with Crippen LogP contribution in [0, 0.1) is 11.7 Å². The molecule has 0 unspecified atom stereocenters. The summed E-state index contributed by atoms with van der Waals surface area (Å²) in [6.07, 6.45) is 4.85. The summed E-state index contributed by atoms with van der Waals surface area (Å²) in [5, 5.41) is 8.83. The second-order valence-electron chi connectivity index (χ2n) is 4.78. The lowest BCUT2D eigenvalue weighted by atomic mass is 10.1. The number of carboxylic acids is 1. The quantitative estimate of drug-likeness (QED) is 0.875. The fourth-order valence-electron chi connectivity index (χ4n) is 2.33. The molecule has 4 heteroatoms. The van der Waals surface area contributed by atoms with Crippen LogP contribution in [0.15, 0.2) is 18.2 Å². The van der Waals surface area contributed by atoms with Crippen LogP contribution in [-0.4, -0.2) is 17.7 Å². The van der Waals surface area contributed by atoms with Gasteiger partial charge in [-0.2, -0.15) is 0 Å². The van der Waals surface area contributed by atoms with E-state index in [-0.39, 0.29) is 12.2 Å². The number of ether oxygens (including phenoxy) is 1. The van der Waals surface area contributed by atoms with Crippen molar-refractivity contribution in [1.82, 2.24) is 0 Å². The first-order chi connectivity index (χ1) is 8.66. The van der Waals surface area contributed by atoms with Crippen LogP contribution in [0.25, 0.3) is 0 Å². The third kappa shape index (κ3) is 3.29. The number of rotatable bonds is 5. The van der Waals surface area contributed by atoms with Gasteiger partial charge in [0.15, 0.2) is 0 Å². The Morgan fingerprint density at radius 2 is 2.11 bits per heavy atom. The van der Waals surface area contributed by atoms with Crippen molar-refractivity contribution in [2.24, 2.45) is 5.92 Å². The van der Waals surface area contributed by atoms with Crippen molar-refractivity contribution < 1.29 is 19.0 Å². The van der Waals surface area contributed by atoms with Crippen molar-refractivity contribution in [3.8, 4) is 0 Å². The van der Waals surface area contributed by atoms with Crippen LogP contribution in [-0.2, 0) is 11.3 Å². The molecule has 1 aromatic carbocycles. The van der Waals surface area contributed by atoms with Gasteiger partial charge in [-0.15, -0.1) is 0 Å². The lowest BCUT2D eigenvalue weighted by Crippen LogP contribution is -2.07. The maximum absolute atomic E-state index is 13.5. The summed E-state index contributed by atoms with van der Waals surface area (Å²) >= 11 is 0. The highest BCUT2D eigenvalue weighted by molar-refractivity contribution is 5.87. The fourth-order valence-corrected chi connectivity index (χ4v) is 2.33. The summed E-state index contributed by atoms with van der Waals surface area (Å²) in [5.41, 5.74) is 0.406. The van der Waals surface area contributed by atoms with Crippen LogP contribution in [0.1, 0.15) is 41.6 Å². The molecule has 0 saturated heterocycles. The van der Waals surface area contributed by atoms with E-state index in [0.717, 1.165) is 0 Å². The van der Waals surface area contributed by atoms with Crippen molar-refractivity contribution in [3.05, 3.63) is 35.1 Å². The number of carbonyl (C=O) groups is 1. The van der Waals surface area contributed by atoms with Crippen LogP contribution in [0.3, 0.4) is 0 Å². The summed E-state index contributed by atoms with van der Waals surface area (Å²) in [7, 11) is 0. The number of halogens is 1. The summed E-state index contributed by atoms with van der Waals surface area (Å²) in [6, 6.07) is 3.78. The van der Waals surface area contributed by atoms with Crippen molar-refractivity contribution in [2.75, 3.05) is 6.61 Å². The van der Waals surface area contributed by atoms with Gasteiger partial charge in [-0.05, 0) is 37.0 Å². The number of carboxylic acid groups (broad SMARTS) is 1. The minimum atomic E-state index is -1.05. The molecule has 1 saturated carbocycles. The highest BCUT2D eigenvalue weighted by atomic mass is 19.1. The molecule has 18 heavy (non-hydrogen) atoms. The van der Waals surface area contributed by atoms with Crippen LogP contribution >= 0.6 is 0 Å². The highest BCUT2D eigenvalue weighted by Crippen LogP contribution is 2.25. The predicted octanol–water partition coefficient (Wildman–Crippen LogP) is 3.23. The van der Waals surface area contributed by atoms with E-state index >= 15 is 0 Å². The highest BCUT2D eigenvalue weighted by Gasteiger charge is 2.15. The second-order valence-corrected chi connectivity index (χ2v) is 4.78. The molecular formula is C14H17FO3. The Morgan fingerprint density at radius 3 is 2.78 bits per heavy atom. The Hall–Kier alpha value is -1.42. The molecule has 0 aromatic heterocycles. The molecular weight excluding hydrogens is 235 g/mol. The number of benzene rings is 1. The molecule has 1 fully saturated rings. The monoisotopic (exact) mass is 252 g/mol. The van der Waals surface area contributed by atoms with Gasteiger partial charge in [-0.25, -0.2) is 9.18 Å². The second kappa shape index (κ2) is 5.96. The average Bonchev–Trinajstić information content (AvgIpc) is 2.84. The van der Waals surface area contributed by atoms with Crippen LogP contribution in [0.4, 0.5) is 4.39 Å². The van der Waals surface area contributed by atoms with E-state index in [2.05, 4.69) is 0 Å². The summed E-state index contributed by atoms with van der Waals surface area (Å²) < 4.78 is 18.9. The molecule has 1 N–H and O–H groups in total. The molecule has 3 nitrogen and oxygen atoms in total. The zero-order valence-electron chi connectivity index (χ0n) is 10.2. The first kappa shape index (κ1) is 13.0. The Labute approximate surface area is 106 Å². The van der Waals surface area contributed by atoms with Crippen molar-refractivity contribution in [3.63, 3.8) is 0 Å². The average molecular weight is 252 g/mol. The van der Waals surface area contributed by atoms with E-state index in [4.69, 9.17) is 9.84 Å². The summed E-state index contributed by atoms with van der Waals surface area (Å²) in [6.45, 7) is 0.778. The van der Waals surface area contributed by atoms with Crippen molar-refractivity contribution in [2.45, 2.75) is 32.3 Å². The molecule has 1 aromatic rings. The van der Waals surface area contributed by atoms with Crippen LogP contribution in [0.5, 0.6) is 0 Å². The van der Waals surface area contributed by atoms with Gasteiger partial charge in [-0.1, -0.05) is 12.8 Å². The SMILES string of the molecule is O=C(O)c1ccc(F)c(COCC2CCCC2)c1. The standard InChI is InChI=1S/C14H17FO3/c15-13-6-5-11(14(16)17)7-12(13)9-18-8-10-3-1-2-4-10/h5-7,10H,1-4,8-9H2,(H,16,17). The van der Waals surface area contributed by atoms with Gasteiger partial charge in [0.1, 0.15) is 5.82 Å². The molecule has 2 rings (SSSR count). The zero-order valence-corrected chi connectivity index (χ0v) is 10.2. The molecule has 0 bridgehead atoms. The lowest BCUT2D eigenvalue weighted by molar-refractivity contribution is 0.0695. The number of hydrogen-bond acceptors (Lipinski definition) is 2. The third-order valence-electron chi connectivity index (χ3n) is 3.38. The maximum Gasteiger partial charge on any atom is 0.335 e. The normalized spacial score (nSPS) is 16.1. The number of aromatic carboxylic acids is 1. The van der Waals surface area contributed by atoms with Gasteiger partial charge >= 0.3 is 5.97 Å². The van der Waals surface area contributed by atoms with E-state index in [1.165, 1.54) is 43.9 Å². The third-order valence-corrected chi connectivity index (χ3v) is 3.38. The topological polar surface area (TPSA) is 46.5 Å². The largest absolute Gasteiger partial charge is 0.478 e. The maximum atomic E-state index is 13.5. The number of hydrogen-bond donors (Lipinski definition) is 1. The first-order valence-electron chi connectivity index (χ1n) is 6.26. The van der Waals surface area contributed by atoms with Crippen LogP contribution < -0.4 is 0 Å². The molecule has 0 aliphatic heterocycles. The molecule has 0 heterocycles. The van der Waals surface area contributed by atoms with Gasteiger partial charge in [0.05, 0.1) is 12.2 Å². The zero-order chi connectivity index (χ0) is 13.0. The first-order valence-corrected chi connectivity index (χ1v) is 6.26. The van der Waals surface area contributed by atoms with Crippen molar-refractivity contribution in [1.29, 1.82) is 0 Å². The Balaban J connectivity index is 1.91. The Kier molecular flexibility index (Phi) is 4.31. The Morgan fingerprint density at radius 1 is 1.39 bits per heavy atom. The lowest BCUT2D eigenvalue weighted by Gasteiger charge is -2.10. The molecule has 98 valence electrons. The van der Waals surface area contributed by atoms with Gasteiger partial charge in [0.25, 0.3) is 0 Å². The molecule has 0 atom stereocenters.